The summed E-state index contributed by atoms with van der Waals surface area (Å²) in [7, 11) is 1.98. The highest BCUT2D eigenvalue weighted by Gasteiger charge is 2.29. The minimum Gasteiger partial charge on any atom is -0.253 e. The molecule has 2 rings (SSSR count). The van der Waals surface area contributed by atoms with Gasteiger partial charge in [-0.15, -0.1) is 0 Å². The maximum absolute atomic E-state index is 4.35. The second kappa shape index (κ2) is 5.98. The fraction of sp³-hybridized carbons (Fsp3) is 0.846. The van der Waals surface area contributed by atoms with E-state index in [1.807, 2.05) is 11.7 Å². The fourth-order valence-corrected chi connectivity index (χ4v) is 3.61. The monoisotopic (exact) mass is 299 g/mol. The summed E-state index contributed by atoms with van der Waals surface area (Å²) in [5, 5.41) is 4.15. The van der Waals surface area contributed by atoms with Crippen LogP contribution in [0.1, 0.15) is 44.9 Å². The molecule has 1 aromatic rings. The Morgan fingerprint density at radius 3 is 2.94 bits per heavy atom. The zero-order valence-electron chi connectivity index (χ0n) is 10.8. The van der Waals surface area contributed by atoms with Crippen molar-refractivity contribution in [2.75, 3.05) is 0 Å². The minimum absolute atomic E-state index is 0.660. The van der Waals surface area contributed by atoms with Gasteiger partial charge in [-0.2, -0.15) is 5.10 Å². The lowest BCUT2D eigenvalue weighted by Crippen LogP contribution is -2.27. The zero-order valence-corrected chi connectivity index (χ0v) is 12.4. The van der Waals surface area contributed by atoms with E-state index in [1.165, 1.54) is 32.1 Å². The summed E-state index contributed by atoms with van der Waals surface area (Å²) >= 11 is 3.85. The number of aromatic nitrogens is 3. The number of halogens is 1. The third-order valence-corrected chi connectivity index (χ3v) is 5.15. The molecule has 0 N–H and O–H groups in total. The number of hydrogen-bond donors (Lipinski definition) is 0. The summed E-state index contributed by atoms with van der Waals surface area (Å²) in [6, 6.07) is 0. The average Bonchev–Trinajstić information content (AvgIpc) is 2.70. The van der Waals surface area contributed by atoms with Gasteiger partial charge in [-0.1, -0.05) is 35.7 Å². The molecule has 3 nitrogen and oxygen atoms in total. The number of aryl methyl sites for hydroxylation is 1. The Morgan fingerprint density at radius 2 is 2.29 bits per heavy atom. The van der Waals surface area contributed by atoms with E-state index in [0.717, 1.165) is 24.1 Å². The van der Waals surface area contributed by atoms with Gasteiger partial charge in [0.15, 0.2) is 0 Å². The lowest BCUT2D eigenvalue weighted by atomic mass is 9.78. The van der Waals surface area contributed by atoms with E-state index < -0.39 is 0 Å². The van der Waals surface area contributed by atoms with E-state index in [1.54, 1.807) is 6.33 Å². The SMILES string of the molecule is CCCC1CCC(Br)C(Cc2ncnn2C)C1. The van der Waals surface area contributed by atoms with Crippen LogP contribution in [0.5, 0.6) is 0 Å². The van der Waals surface area contributed by atoms with Crippen LogP contribution in [0.3, 0.4) is 0 Å². The zero-order chi connectivity index (χ0) is 12.3. The molecular formula is C13H22BrN3. The van der Waals surface area contributed by atoms with Gasteiger partial charge < -0.3 is 0 Å². The van der Waals surface area contributed by atoms with Crippen molar-refractivity contribution in [1.29, 1.82) is 0 Å². The van der Waals surface area contributed by atoms with Crippen LogP contribution in [0.25, 0.3) is 0 Å². The fourth-order valence-electron chi connectivity index (χ4n) is 2.95. The second-order valence-corrected chi connectivity index (χ2v) is 6.42. The van der Waals surface area contributed by atoms with E-state index >= 15 is 0 Å². The minimum atomic E-state index is 0.660. The van der Waals surface area contributed by atoms with Gasteiger partial charge in [0, 0.05) is 18.3 Å². The molecular weight excluding hydrogens is 278 g/mol. The van der Waals surface area contributed by atoms with Gasteiger partial charge in [0.2, 0.25) is 0 Å². The predicted molar refractivity (Wildman–Crippen MR) is 73.2 cm³/mol. The molecule has 0 spiro atoms. The number of nitrogens with zero attached hydrogens (tertiary/aromatic N) is 3. The van der Waals surface area contributed by atoms with Crippen LogP contribution < -0.4 is 0 Å². The number of rotatable bonds is 4. The highest BCUT2D eigenvalue weighted by atomic mass is 79.9. The third kappa shape index (κ3) is 3.30. The Kier molecular flexibility index (Phi) is 4.60. The van der Waals surface area contributed by atoms with Crippen molar-refractivity contribution >= 4 is 15.9 Å². The first-order valence-corrected chi connectivity index (χ1v) is 7.59. The molecule has 4 heteroatoms. The summed E-state index contributed by atoms with van der Waals surface area (Å²) < 4.78 is 1.91. The summed E-state index contributed by atoms with van der Waals surface area (Å²) in [6.07, 6.45) is 9.46. The molecule has 1 fully saturated rings. The van der Waals surface area contributed by atoms with Crippen LogP contribution in [-0.4, -0.2) is 19.6 Å². The molecule has 17 heavy (non-hydrogen) atoms. The van der Waals surface area contributed by atoms with Crippen LogP contribution in [0.4, 0.5) is 0 Å². The van der Waals surface area contributed by atoms with Crippen molar-refractivity contribution in [3.63, 3.8) is 0 Å². The van der Waals surface area contributed by atoms with E-state index in [4.69, 9.17) is 0 Å². The Morgan fingerprint density at radius 1 is 1.47 bits per heavy atom. The topological polar surface area (TPSA) is 30.7 Å². The van der Waals surface area contributed by atoms with Crippen molar-refractivity contribution in [1.82, 2.24) is 14.8 Å². The van der Waals surface area contributed by atoms with Crippen molar-refractivity contribution in [2.24, 2.45) is 18.9 Å². The Hall–Kier alpha value is -0.380. The largest absolute Gasteiger partial charge is 0.253 e. The maximum Gasteiger partial charge on any atom is 0.138 e. The molecule has 1 heterocycles. The molecule has 0 amide bonds. The van der Waals surface area contributed by atoms with E-state index in [-0.39, 0.29) is 0 Å². The van der Waals surface area contributed by atoms with Gasteiger partial charge in [0.25, 0.3) is 0 Å². The maximum atomic E-state index is 4.35. The molecule has 1 aliphatic rings. The van der Waals surface area contributed by atoms with Crippen LogP contribution in [0.2, 0.25) is 0 Å². The van der Waals surface area contributed by atoms with E-state index in [0.29, 0.717) is 4.83 Å². The van der Waals surface area contributed by atoms with Crippen molar-refractivity contribution < 1.29 is 0 Å². The highest BCUT2D eigenvalue weighted by Crippen LogP contribution is 2.37. The first-order chi connectivity index (χ1) is 8.20. The summed E-state index contributed by atoms with van der Waals surface area (Å²) in [6.45, 7) is 2.29. The molecule has 0 bridgehead atoms. The van der Waals surface area contributed by atoms with Crippen molar-refractivity contribution in [3.8, 4) is 0 Å². The molecule has 3 atom stereocenters. The first kappa shape index (κ1) is 13.1. The lowest BCUT2D eigenvalue weighted by Gasteiger charge is -2.33. The van der Waals surface area contributed by atoms with Gasteiger partial charge in [-0.05, 0) is 31.1 Å². The second-order valence-electron chi connectivity index (χ2n) is 5.25. The predicted octanol–water partition coefficient (Wildman–Crippen LogP) is 3.34. The number of alkyl halides is 1. The molecule has 3 unspecified atom stereocenters. The molecule has 0 radical (unpaired) electrons. The molecule has 96 valence electrons. The molecule has 0 aliphatic heterocycles. The molecule has 1 aliphatic carbocycles. The van der Waals surface area contributed by atoms with Crippen LogP contribution in [0.15, 0.2) is 6.33 Å². The van der Waals surface area contributed by atoms with Crippen molar-refractivity contribution in [2.45, 2.75) is 50.3 Å². The van der Waals surface area contributed by atoms with E-state index in [2.05, 4.69) is 32.9 Å². The Balaban J connectivity index is 1.96. The average molecular weight is 300 g/mol. The third-order valence-electron chi connectivity index (χ3n) is 3.95. The van der Waals surface area contributed by atoms with Crippen LogP contribution >= 0.6 is 15.9 Å². The van der Waals surface area contributed by atoms with Crippen LogP contribution in [-0.2, 0) is 13.5 Å². The number of hydrogen-bond acceptors (Lipinski definition) is 2. The quantitative estimate of drug-likeness (QED) is 0.799. The Labute approximate surface area is 112 Å². The van der Waals surface area contributed by atoms with Gasteiger partial charge in [0.1, 0.15) is 12.2 Å². The van der Waals surface area contributed by atoms with E-state index in [9.17, 15) is 0 Å². The molecule has 0 saturated heterocycles. The Bertz CT molecular complexity index is 350. The first-order valence-electron chi connectivity index (χ1n) is 6.67. The summed E-state index contributed by atoms with van der Waals surface area (Å²) in [5.41, 5.74) is 0. The van der Waals surface area contributed by atoms with Crippen LogP contribution in [0, 0.1) is 11.8 Å². The lowest BCUT2D eigenvalue weighted by molar-refractivity contribution is 0.259. The highest BCUT2D eigenvalue weighted by molar-refractivity contribution is 9.09. The van der Waals surface area contributed by atoms with Gasteiger partial charge in [-0.3, -0.25) is 4.68 Å². The van der Waals surface area contributed by atoms with Gasteiger partial charge >= 0.3 is 0 Å². The normalized spacial score (nSPS) is 29.5. The van der Waals surface area contributed by atoms with Gasteiger partial charge in [-0.25, -0.2) is 4.98 Å². The molecule has 1 aromatic heterocycles. The molecule has 0 aromatic carbocycles. The summed E-state index contributed by atoms with van der Waals surface area (Å²) in [5.74, 6) is 2.77. The summed E-state index contributed by atoms with van der Waals surface area (Å²) in [4.78, 5) is 5.01. The van der Waals surface area contributed by atoms with Crippen molar-refractivity contribution in [3.05, 3.63) is 12.2 Å². The molecule has 1 saturated carbocycles. The smallest absolute Gasteiger partial charge is 0.138 e. The van der Waals surface area contributed by atoms with Gasteiger partial charge in [0.05, 0.1) is 0 Å². The standard InChI is InChI=1S/C13H22BrN3/c1-3-4-10-5-6-12(14)11(7-10)8-13-15-9-16-17(13)2/h9-12H,3-8H2,1-2H3.